The van der Waals surface area contributed by atoms with Gasteiger partial charge in [-0.3, -0.25) is 9.32 Å². The monoisotopic (exact) mass is 577 g/mol. The van der Waals surface area contributed by atoms with Crippen molar-refractivity contribution in [2.45, 2.75) is 45.1 Å². The highest BCUT2D eigenvalue weighted by Crippen LogP contribution is 2.44. The number of nitrogens with zero attached hydrogens (tertiary/aromatic N) is 4. The van der Waals surface area contributed by atoms with E-state index in [-0.39, 0.29) is 22.7 Å². The normalized spacial score (nSPS) is 15.4. The molecular weight excluding hydrogens is 554 g/mol. The molecule has 0 spiro atoms. The third kappa shape index (κ3) is 5.70. The van der Waals surface area contributed by atoms with Crippen LogP contribution >= 0.6 is 7.82 Å². The van der Waals surface area contributed by atoms with Crippen LogP contribution in [0.15, 0.2) is 48.8 Å². The molecule has 210 valence electrons. The molecule has 1 aliphatic rings. The molecule has 15 heteroatoms. The Morgan fingerprint density at radius 2 is 1.93 bits per heavy atom. The van der Waals surface area contributed by atoms with Crippen molar-refractivity contribution in [3.05, 3.63) is 71.8 Å². The zero-order valence-electron chi connectivity index (χ0n) is 21.1. The molecule has 3 heterocycles. The maximum atomic E-state index is 15.1. The Bertz CT molecular complexity index is 1640. The fourth-order valence-electron chi connectivity index (χ4n) is 4.58. The summed E-state index contributed by atoms with van der Waals surface area (Å²) in [5, 5.41) is 2.84. The van der Waals surface area contributed by atoms with Crippen molar-refractivity contribution < 1.29 is 41.6 Å². The van der Waals surface area contributed by atoms with Gasteiger partial charge in [0, 0.05) is 41.7 Å². The number of carbonyl (C=O) groups is 1. The van der Waals surface area contributed by atoms with Crippen molar-refractivity contribution in [3.63, 3.8) is 0 Å². The first-order valence-corrected chi connectivity index (χ1v) is 13.5. The van der Waals surface area contributed by atoms with Gasteiger partial charge in [-0.05, 0) is 44.5 Å². The Labute approximate surface area is 225 Å². The lowest BCUT2D eigenvalue weighted by Gasteiger charge is -2.23. The summed E-state index contributed by atoms with van der Waals surface area (Å²) in [7, 11) is -4.81. The molecule has 0 aliphatic carbocycles. The first kappa shape index (κ1) is 27.7. The van der Waals surface area contributed by atoms with E-state index in [0.29, 0.717) is 35.4 Å². The van der Waals surface area contributed by atoms with E-state index in [9.17, 15) is 18.1 Å². The molecule has 0 unspecified atom stereocenters. The van der Waals surface area contributed by atoms with E-state index in [1.54, 1.807) is 6.07 Å². The molecule has 0 radical (unpaired) electrons. The fourth-order valence-corrected chi connectivity index (χ4v) is 5.26. The lowest BCUT2D eigenvalue weighted by molar-refractivity contribution is -0.0499. The van der Waals surface area contributed by atoms with Crippen molar-refractivity contribution in [3.8, 4) is 16.9 Å². The highest BCUT2D eigenvalue weighted by molar-refractivity contribution is 7.46. The summed E-state index contributed by atoms with van der Waals surface area (Å²) in [5.41, 5.74) is 0.126. The number of fused-ring (bicyclic) bond motifs is 3. The lowest BCUT2D eigenvalue weighted by atomic mass is 10.1. The highest BCUT2D eigenvalue weighted by Gasteiger charge is 2.33. The zero-order chi connectivity index (χ0) is 28.8. The SMILES string of the molecule is CC(C)(OP(=O)(O)O)c1ncc(-c2cc3c(cc2F)nc2n3CC[C@H]2NC(=O)c2cccc(OC(F)F)c2)cn1. The van der Waals surface area contributed by atoms with E-state index in [2.05, 4.69) is 25.0 Å². The van der Waals surface area contributed by atoms with Crippen molar-refractivity contribution in [1.82, 2.24) is 24.8 Å². The van der Waals surface area contributed by atoms with Crippen LogP contribution in [0.1, 0.15) is 48.3 Å². The third-order valence-electron chi connectivity index (χ3n) is 6.29. The Hall–Kier alpha value is -3.84. The molecule has 2 aromatic carbocycles. The van der Waals surface area contributed by atoms with Gasteiger partial charge in [0.25, 0.3) is 5.91 Å². The molecule has 1 atom stereocenters. The van der Waals surface area contributed by atoms with Crippen molar-refractivity contribution in [1.29, 1.82) is 0 Å². The number of ether oxygens (including phenoxy) is 1. The number of hydrogen-bond acceptors (Lipinski definition) is 7. The third-order valence-corrected chi connectivity index (χ3v) is 6.99. The Balaban J connectivity index is 1.39. The predicted octanol–water partition coefficient (Wildman–Crippen LogP) is 4.45. The van der Waals surface area contributed by atoms with Crippen LogP contribution in [-0.4, -0.2) is 41.8 Å². The number of rotatable bonds is 8. The van der Waals surface area contributed by atoms with Crippen LogP contribution in [0.4, 0.5) is 13.2 Å². The second-order valence-corrected chi connectivity index (χ2v) is 10.7. The van der Waals surface area contributed by atoms with Crippen LogP contribution in [0, 0.1) is 5.82 Å². The van der Waals surface area contributed by atoms with E-state index in [4.69, 9.17) is 14.3 Å². The summed E-state index contributed by atoms with van der Waals surface area (Å²) in [6.07, 6.45) is 3.16. The number of halogens is 3. The minimum Gasteiger partial charge on any atom is -0.435 e. The standard InChI is InChI=1S/C25H23F3N5O6P/c1-25(2,39-40(35,36)37)23-29-11-14(12-30-23)16-9-20-19(10-17(16)26)31-21-18(6-7-33(20)21)32-22(34)13-4-3-5-15(8-13)38-24(27)28/h3-5,8-12,18,24H,6-7H2,1-2H3,(H,32,34)(H2,35,36,37)/t18-/m1/s1. The molecule has 11 nitrogen and oxygen atoms in total. The largest absolute Gasteiger partial charge is 0.470 e. The van der Waals surface area contributed by atoms with Gasteiger partial charge in [-0.1, -0.05) is 6.07 Å². The quantitative estimate of drug-likeness (QED) is 0.258. The second-order valence-electron chi connectivity index (χ2n) is 9.55. The summed E-state index contributed by atoms with van der Waals surface area (Å²) in [5.74, 6) is -0.721. The minimum absolute atomic E-state index is 0.00352. The predicted molar refractivity (Wildman–Crippen MR) is 135 cm³/mol. The van der Waals surface area contributed by atoms with Crippen molar-refractivity contribution in [2.75, 3.05) is 0 Å². The molecule has 0 fully saturated rings. The number of alkyl halides is 2. The summed E-state index contributed by atoms with van der Waals surface area (Å²) in [6.45, 7) is 0.259. The number of phosphoric ester groups is 1. The van der Waals surface area contributed by atoms with E-state index < -0.39 is 37.8 Å². The molecule has 40 heavy (non-hydrogen) atoms. The molecule has 1 amide bonds. The summed E-state index contributed by atoms with van der Waals surface area (Å²) < 4.78 is 62.4. The second kappa shape index (κ2) is 10.3. The van der Waals surface area contributed by atoms with Gasteiger partial charge in [0.2, 0.25) is 0 Å². The van der Waals surface area contributed by atoms with Gasteiger partial charge in [-0.25, -0.2) is 23.9 Å². The zero-order valence-corrected chi connectivity index (χ0v) is 22.0. The van der Waals surface area contributed by atoms with Crippen molar-refractivity contribution in [2.24, 2.45) is 0 Å². The maximum Gasteiger partial charge on any atom is 0.470 e. The Kier molecular flexibility index (Phi) is 7.13. The smallest absolute Gasteiger partial charge is 0.435 e. The van der Waals surface area contributed by atoms with Crippen LogP contribution in [0.2, 0.25) is 0 Å². The van der Waals surface area contributed by atoms with Crippen LogP contribution in [0.25, 0.3) is 22.2 Å². The van der Waals surface area contributed by atoms with Crippen LogP contribution in [0.3, 0.4) is 0 Å². The Morgan fingerprint density at radius 3 is 2.60 bits per heavy atom. The number of amides is 1. The van der Waals surface area contributed by atoms with Gasteiger partial charge in [0.15, 0.2) is 5.82 Å². The van der Waals surface area contributed by atoms with Gasteiger partial charge in [-0.15, -0.1) is 0 Å². The highest BCUT2D eigenvalue weighted by atomic mass is 31.2. The topological polar surface area (TPSA) is 149 Å². The molecule has 5 rings (SSSR count). The average Bonchev–Trinajstić information content (AvgIpc) is 3.41. The van der Waals surface area contributed by atoms with Crippen molar-refractivity contribution >= 4 is 24.8 Å². The molecule has 0 bridgehead atoms. The van der Waals surface area contributed by atoms with Gasteiger partial charge < -0.3 is 24.4 Å². The van der Waals surface area contributed by atoms with Gasteiger partial charge in [0.05, 0.1) is 17.1 Å². The lowest BCUT2D eigenvalue weighted by Crippen LogP contribution is -2.27. The molecular formula is C25H23F3N5O6P. The number of nitrogens with one attached hydrogen (secondary N) is 1. The minimum atomic E-state index is -4.81. The van der Waals surface area contributed by atoms with E-state index in [0.717, 1.165) is 0 Å². The first-order chi connectivity index (χ1) is 18.8. The number of benzene rings is 2. The molecule has 2 aromatic heterocycles. The molecule has 4 aromatic rings. The number of imidazole rings is 1. The summed E-state index contributed by atoms with van der Waals surface area (Å²) >= 11 is 0. The molecule has 0 saturated heterocycles. The molecule has 1 aliphatic heterocycles. The number of carbonyl (C=O) groups excluding carboxylic acids is 1. The summed E-state index contributed by atoms with van der Waals surface area (Å²) in [6, 6.07) is 7.79. The first-order valence-electron chi connectivity index (χ1n) is 12.0. The average molecular weight is 577 g/mol. The van der Waals surface area contributed by atoms with E-state index in [1.165, 1.54) is 56.6 Å². The number of phosphoric acid groups is 1. The van der Waals surface area contributed by atoms with Crippen LogP contribution in [0.5, 0.6) is 5.75 Å². The van der Waals surface area contributed by atoms with E-state index in [1.807, 2.05) is 4.57 Å². The number of hydrogen-bond donors (Lipinski definition) is 3. The number of aryl methyl sites for hydroxylation is 1. The number of aromatic nitrogens is 4. The van der Waals surface area contributed by atoms with Crippen LogP contribution in [-0.2, 0) is 21.2 Å². The molecule has 3 N–H and O–H groups in total. The molecule has 0 saturated carbocycles. The Morgan fingerprint density at radius 1 is 1.20 bits per heavy atom. The maximum absolute atomic E-state index is 15.1. The van der Waals surface area contributed by atoms with E-state index >= 15 is 4.39 Å². The summed E-state index contributed by atoms with van der Waals surface area (Å²) in [4.78, 5) is 43.8. The van der Waals surface area contributed by atoms with Gasteiger partial charge in [0.1, 0.15) is 23.0 Å². The van der Waals surface area contributed by atoms with Gasteiger partial charge >= 0.3 is 14.4 Å². The fraction of sp³-hybridized carbons (Fsp3) is 0.280. The van der Waals surface area contributed by atoms with Gasteiger partial charge in [-0.2, -0.15) is 8.78 Å². The van der Waals surface area contributed by atoms with Crippen LogP contribution < -0.4 is 10.1 Å².